The second-order valence-electron chi connectivity index (χ2n) is 3.84. The number of nitrogens with zero attached hydrogens (tertiary/aromatic N) is 1. The van der Waals surface area contributed by atoms with Gasteiger partial charge in [0.2, 0.25) is 5.89 Å². The lowest BCUT2D eigenvalue weighted by molar-refractivity contribution is 0.602. The molecule has 0 amide bonds. The number of hydrogen-bond donors (Lipinski definition) is 1. The molecule has 0 aliphatic rings. The summed E-state index contributed by atoms with van der Waals surface area (Å²) < 4.78 is 18.5. The van der Waals surface area contributed by atoms with Gasteiger partial charge in [-0.1, -0.05) is 17.7 Å². The van der Waals surface area contributed by atoms with Crippen molar-refractivity contribution in [2.45, 2.75) is 0 Å². The zero-order chi connectivity index (χ0) is 12.7. The van der Waals surface area contributed by atoms with Crippen LogP contribution in [-0.4, -0.2) is 4.98 Å². The molecule has 3 nitrogen and oxygen atoms in total. The van der Waals surface area contributed by atoms with Gasteiger partial charge in [0.15, 0.2) is 5.58 Å². The van der Waals surface area contributed by atoms with Crippen LogP contribution < -0.4 is 5.73 Å². The fraction of sp³-hybridized carbons (Fsp3) is 0. The van der Waals surface area contributed by atoms with E-state index >= 15 is 0 Å². The Bertz CT molecular complexity index is 719. The number of aromatic nitrogens is 1. The molecule has 18 heavy (non-hydrogen) atoms. The van der Waals surface area contributed by atoms with Crippen molar-refractivity contribution in [2.24, 2.45) is 0 Å². The summed E-state index contributed by atoms with van der Waals surface area (Å²) in [5, 5.41) is 0.446. The smallest absolute Gasteiger partial charge is 0.230 e. The van der Waals surface area contributed by atoms with Crippen molar-refractivity contribution in [3.05, 3.63) is 47.2 Å². The summed E-state index contributed by atoms with van der Waals surface area (Å²) in [6, 6.07) is 9.29. The first-order valence-corrected chi connectivity index (χ1v) is 5.63. The van der Waals surface area contributed by atoms with E-state index in [1.165, 1.54) is 12.1 Å². The van der Waals surface area contributed by atoms with E-state index in [9.17, 15) is 4.39 Å². The normalized spacial score (nSPS) is 11.0. The predicted molar refractivity (Wildman–Crippen MR) is 68.8 cm³/mol. The standard InChI is InChI=1S/C13H8ClFN2O/c14-8-2-1-3-9(16)12(8)13-17-10-5-4-7(15)6-11(10)18-13/h1-6H,16H2. The van der Waals surface area contributed by atoms with Gasteiger partial charge in [-0.05, 0) is 24.3 Å². The first-order valence-electron chi connectivity index (χ1n) is 5.25. The van der Waals surface area contributed by atoms with Crippen LogP contribution in [0.1, 0.15) is 0 Å². The number of nitrogens with two attached hydrogens (primary N) is 1. The minimum absolute atomic E-state index is 0.290. The molecule has 0 atom stereocenters. The van der Waals surface area contributed by atoms with Crippen molar-refractivity contribution < 1.29 is 8.81 Å². The van der Waals surface area contributed by atoms with Gasteiger partial charge in [0.1, 0.15) is 11.3 Å². The summed E-state index contributed by atoms with van der Waals surface area (Å²) in [6.45, 7) is 0. The SMILES string of the molecule is Nc1cccc(Cl)c1-c1nc2ccc(F)cc2o1. The van der Waals surface area contributed by atoms with Crippen molar-refractivity contribution in [1.82, 2.24) is 4.98 Å². The van der Waals surface area contributed by atoms with Crippen LogP contribution in [0, 0.1) is 5.82 Å². The highest BCUT2D eigenvalue weighted by Crippen LogP contribution is 2.34. The molecule has 90 valence electrons. The van der Waals surface area contributed by atoms with Gasteiger partial charge in [0.25, 0.3) is 0 Å². The highest BCUT2D eigenvalue weighted by atomic mass is 35.5. The van der Waals surface area contributed by atoms with Crippen LogP contribution >= 0.6 is 11.6 Å². The van der Waals surface area contributed by atoms with E-state index in [4.69, 9.17) is 21.8 Å². The number of benzene rings is 2. The fourth-order valence-electron chi connectivity index (χ4n) is 1.77. The molecule has 2 N–H and O–H groups in total. The zero-order valence-electron chi connectivity index (χ0n) is 9.15. The zero-order valence-corrected chi connectivity index (χ0v) is 9.91. The minimum atomic E-state index is -0.377. The molecule has 0 bridgehead atoms. The predicted octanol–water partition coefficient (Wildman–Crippen LogP) is 3.87. The van der Waals surface area contributed by atoms with Gasteiger partial charge >= 0.3 is 0 Å². The summed E-state index contributed by atoms with van der Waals surface area (Å²) in [5.74, 6) is -0.0870. The number of hydrogen-bond acceptors (Lipinski definition) is 3. The maximum atomic E-state index is 13.1. The van der Waals surface area contributed by atoms with E-state index in [1.54, 1.807) is 24.3 Å². The van der Waals surface area contributed by atoms with Gasteiger partial charge in [-0.15, -0.1) is 0 Å². The summed E-state index contributed by atoms with van der Waals surface area (Å²) in [4.78, 5) is 4.25. The van der Waals surface area contributed by atoms with Crippen LogP contribution in [0.25, 0.3) is 22.6 Å². The summed E-state index contributed by atoms with van der Waals surface area (Å²) >= 11 is 6.07. The number of oxazole rings is 1. The molecule has 2 aromatic carbocycles. The molecule has 0 fully saturated rings. The number of nitrogen functional groups attached to an aromatic ring is 1. The van der Waals surface area contributed by atoms with Crippen LogP contribution in [-0.2, 0) is 0 Å². The summed E-state index contributed by atoms with van der Waals surface area (Å²) in [5.41, 5.74) is 7.76. The molecule has 0 radical (unpaired) electrons. The second-order valence-corrected chi connectivity index (χ2v) is 4.24. The Morgan fingerprint density at radius 3 is 2.83 bits per heavy atom. The maximum absolute atomic E-state index is 13.1. The van der Waals surface area contributed by atoms with Gasteiger partial charge in [-0.3, -0.25) is 0 Å². The third-order valence-corrected chi connectivity index (χ3v) is 2.93. The first-order chi connectivity index (χ1) is 8.65. The maximum Gasteiger partial charge on any atom is 0.230 e. The van der Waals surface area contributed by atoms with Crippen molar-refractivity contribution in [1.29, 1.82) is 0 Å². The van der Waals surface area contributed by atoms with Crippen LogP contribution in [0.2, 0.25) is 5.02 Å². The molecular formula is C13H8ClFN2O. The van der Waals surface area contributed by atoms with Crippen LogP contribution in [0.4, 0.5) is 10.1 Å². The van der Waals surface area contributed by atoms with Gasteiger partial charge in [0.05, 0.1) is 10.6 Å². The third-order valence-electron chi connectivity index (χ3n) is 2.61. The van der Waals surface area contributed by atoms with Crippen molar-refractivity contribution in [3.63, 3.8) is 0 Å². The van der Waals surface area contributed by atoms with Crippen LogP contribution in [0.3, 0.4) is 0 Å². The highest BCUT2D eigenvalue weighted by molar-refractivity contribution is 6.33. The Kier molecular flexibility index (Phi) is 2.45. The Hall–Kier alpha value is -2.07. The second kappa shape index (κ2) is 3.99. The molecule has 0 unspecified atom stereocenters. The Morgan fingerprint density at radius 1 is 1.22 bits per heavy atom. The number of halogens is 2. The summed E-state index contributed by atoms with van der Waals surface area (Å²) in [6.07, 6.45) is 0. The van der Waals surface area contributed by atoms with Crippen molar-refractivity contribution in [3.8, 4) is 11.5 Å². The molecule has 0 saturated heterocycles. The van der Waals surface area contributed by atoms with E-state index in [-0.39, 0.29) is 5.82 Å². The van der Waals surface area contributed by atoms with E-state index < -0.39 is 0 Å². The van der Waals surface area contributed by atoms with Gasteiger partial charge in [-0.2, -0.15) is 0 Å². The molecule has 0 saturated carbocycles. The van der Waals surface area contributed by atoms with Gasteiger partial charge in [-0.25, -0.2) is 9.37 Å². The quantitative estimate of drug-likeness (QED) is 0.677. The molecule has 0 spiro atoms. The number of anilines is 1. The lowest BCUT2D eigenvalue weighted by Gasteiger charge is -2.02. The Labute approximate surface area is 107 Å². The molecular weight excluding hydrogens is 255 g/mol. The topological polar surface area (TPSA) is 52.0 Å². The van der Waals surface area contributed by atoms with Crippen LogP contribution in [0.15, 0.2) is 40.8 Å². The largest absolute Gasteiger partial charge is 0.436 e. The first kappa shape index (κ1) is 11.0. The lowest BCUT2D eigenvalue weighted by Crippen LogP contribution is -1.90. The Morgan fingerprint density at radius 2 is 2.06 bits per heavy atom. The molecule has 3 rings (SSSR count). The fourth-order valence-corrected chi connectivity index (χ4v) is 2.03. The van der Waals surface area contributed by atoms with Crippen molar-refractivity contribution >= 4 is 28.4 Å². The third kappa shape index (κ3) is 1.71. The average Bonchev–Trinajstić information content (AvgIpc) is 2.71. The van der Waals surface area contributed by atoms with Gasteiger partial charge < -0.3 is 10.2 Å². The molecule has 1 aromatic heterocycles. The summed E-state index contributed by atoms with van der Waals surface area (Å²) in [7, 11) is 0. The molecule has 0 aliphatic carbocycles. The van der Waals surface area contributed by atoms with E-state index in [0.717, 1.165) is 0 Å². The van der Waals surface area contributed by atoms with E-state index in [0.29, 0.717) is 33.3 Å². The highest BCUT2D eigenvalue weighted by Gasteiger charge is 2.14. The lowest BCUT2D eigenvalue weighted by atomic mass is 10.2. The molecule has 5 heteroatoms. The average molecular weight is 263 g/mol. The molecule has 0 aliphatic heterocycles. The number of rotatable bonds is 1. The minimum Gasteiger partial charge on any atom is -0.436 e. The Balaban J connectivity index is 2.26. The van der Waals surface area contributed by atoms with E-state index in [1.807, 2.05) is 0 Å². The number of fused-ring (bicyclic) bond motifs is 1. The van der Waals surface area contributed by atoms with Crippen LogP contribution in [0.5, 0.6) is 0 Å². The monoisotopic (exact) mass is 262 g/mol. The van der Waals surface area contributed by atoms with E-state index in [2.05, 4.69) is 4.98 Å². The molecule has 3 aromatic rings. The van der Waals surface area contributed by atoms with Crippen molar-refractivity contribution in [2.75, 3.05) is 5.73 Å². The van der Waals surface area contributed by atoms with Gasteiger partial charge in [0, 0.05) is 11.8 Å². The molecule has 1 heterocycles.